The SMILES string of the molecule is COc1cc(N[C@H](c2cccc(Cl)c2)c2nnc(-c3ccccc3)o2)cc(OC)c1. The van der Waals surface area contributed by atoms with Gasteiger partial charge in [-0.2, -0.15) is 0 Å². The zero-order chi connectivity index (χ0) is 20.9. The molecule has 1 heterocycles. The lowest BCUT2D eigenvalue weighted by molar-refractivity contribution is 0.394. The molecule has 30 heavy (non-hydrogen) atoms. The molecule has 0 saturated carbocycles. The van der Waals surface area contributed by atoms with Gasteiger partial charge in [0.05, 0.1) is 14.2 Å². The Morgan fingerprint density at radius 1 is 0.867 bits per heavy atom. The molecule has 7 heteroatoms. The first kappa shape index (κ1) is 19.8. The summed E-state index contributed by atoms with van der Waals surface area (Å²) in [5, 5.41) is 12.6. The van der Waals surface area contributed by atoms with Crippen LogP contribution >= 0.6 is 11.6 Å². The molecule has 1 atom stereocenters. The quantitative estimate of drug-likeness (QED) is 0.418. The molecular formula is C23H20ClN3O3. The van der Waals surface area contributed by atoms with Crippen LogP contribution in [0.2, 0.25) is 5.02 Å². The van der Waals surface area contributed by atoms with E-state index in [2.05, 4.69) is 15.5 Å². The number of hydrogen-bond donors (Lipinski definition) is 1. The fourth-order valence-corrected chi connectivity index (χ4v) is 3.28. The Kier molecular flexibility index (Phi) is 5.86. The predicted molar refractivity (Wildman–Crippen MR) is 116 cm³/mol. The van der Waals surface area contributed by atoms with Crippen LogP contribution in [0.1, 0.15) is 17.5 Å². The van der Waals surface area contributed by atoms with Gasteiger partial charge in [-0.1, -0.05) is 41.9 Å². The topological polar surface area (TPSA) is 69.4 Å². The molecule has 1 aromatic heterocycles. The van der Waals surface area contributed by atoms with E-state index in [0.29, 0.717) is 28.3 Å². The molecule has 152 valence electrons. The van der Waals surface area contributed by atoms with E-state index in [1.165, 1.54) is 0 Å². The standard InChI is InChI=1S/C23H20ClN3O3/c1-28-19-12-18(13-20(14-19)29-2)25-21(16-9-6-10-17(24)11-16)23-27-26-22(30-23)15-7-4-3-5-8-15/h3-14,21,25H,1-2H3/t21-/m1/s1. The maximum Gasteiger partial charge on any atom is 0.247 e. The van der Waals surface area contributed by atoms with Crippen molar-refractivity contribution in [3.05, 3.63) is 89.3 Å². The van der Waals surface area contributed by atoms with Gasteiger partial charge in [0.1, 0.15) is 17.5 Å². The van der Waals surface area contributed by atoms with E-state index in [4.69, 9.17) is 25.5 Å². The summed E-state index contributed by atoms with van der Waals surface area (Å²) in [6.45, 7) is 0. The highest BCUT2D eigenvalue weighted by Crippen LogP contribution is 2.33. The monoisotopic (exact) mass is 421 g/mol. The van der Waals surface area contributed by atoms with Gasteiger partial charge in [0, 0.05) is 34.5 Å². The van der Waals surface area contributed by atoms with Crippen molar-refractivity contribution in [1.29, 1.82) is 0 Å². The lowest BCUT2D eigenvalue weighted by atomic mass is 10.1. The zero-order valence-electron chi connectivity index (χ0n) is 16.5. The Hall–Kier alpha value is -3.51. The van der Waals surface area contributed by atoms with Crippen LogP contribution in [0.5, 0.6) is 11.5 Å². The summed E-state index contributed by atoms with van der Waals surface area (Å²) in [4.78, 5) is 0. The molecule has 1 N–H and O–H groups in total. The number of hydrogen-bond acceptors (Lipinski definition) is 6. The second kappa shape index (κ2) is 8.88. The van der Waals surface area contributed by atoms with Gasteiger partial charge in [0.25, 0.3) is 0 Å². The highest BCUT2D eigenvalue weighted by Gasteiger charge is 2.22. The van der Waals surface area contributed by atoms with E-state index in [1.807, 2.05) is 66.7 Å². The summed E-state index contributed by atoms with van der Waals surface area (Å²) in [6.07, 6.45) is 0. The van der Waals surface area contributed by atoms with Gasteiger partial charge in [-0.3, -0.25) is 0 Å². The largest absolute Gasteiger partial charge is 0.497 e. The molecule has 0 spiro atoms. The van der Waals surface area contributed by atoms with Crippen molar-refractivity contribution in [1.82, 2.24) is 10.2 Å². The Morgan fingerprint density at radius 2 is 1.60 bits per heavy atom. The van der Waals surface area contributed by atoms with Crippen molar-refractivity contribution in [2.45, 2.75) is 6.04 Å². The average Bonchev–Trinajstić information content (AvgIpc) is 3.27. The van der Waals surface area contributed by atoms with Crippen LogP contribution in [0.4, 0.5) is 5.69 Å². The Balaban J connectivity index is 1.74. The summed E-state index contributed by atoms with van der Waals surface area (Å²) in [7, 11) is 3.22. The van der Waals surface area contributed by atoms with E-state index < -0.39 is 6.04 Å². The van der Waals surface area contributed by atoms with Crippen molar-refractivity contribution >= 4 is 17.3 Å². The first-order valence-corrected chi connectivity index (χ1v) is 9.68. The van der Waals surface area contributed by atoms with Crippen molar-refractivity contribution in [3.63, 3.8) is 0 Å². The third-order valence-corrected chi connectivity index (χ3v) is 4.79. The molecule has 0 bridgehead atoms. The lowest BCUT2D eigenvalue weighted by Gasteiger charge is -2.18. The van der Waals surface area contributed by atoms with Crippen molar-refractivity contribution in [2.75, 3.05) is 19.5 Å². The summed E-state index contributed by atoms with van der Waals surface area (Å²) >= 11 is 6.24. The third kappa shape index (κ3) is 4.39. The van der Waals surface area contributed by atoms with Crippen LogP contribution in [0.15, 0.2) is 77.2 Å². The molecule has 0 aliphatic rings. The summed E-state index contributed by atoms with van der Waals surface area (Å²) in [5.41, 5.74) is 2.51. The summed E-state index contributed by atoms with van der Waals surface area (Å²) in [6, 6.07) is 22.3. The second-order valence-corrected chi connectivity index (χ2v) is 6.98. The molecule has 0 saturated heterocycles. The molecule has 6 nitrogen and oxygen atoms in total. The fourth-order valence-electron chi connectivity index (χ4n) is 3.08. The molecular weight excluding hydrogens is 402 g/mol. The molecule has 3 aromatic carbocycles. The number of methoxy groups -OCH3 is 2. The minimum atomic E-state index is -0.425. The first-order chi connectivity index (χ1) is 14.7. The molecule has 0 fully saturated rings. The van der Waals surface area contributed by atoms with Crippen LogP contribution in [0.3, 0.4) is 0 Å². The van der Waals surface area contributed by atoms with Crippen molar-refractivity contribution in [3.8, 4) is 23.0 Å². The van der Waals surface area contributed by atoms with Crippen LogP contribution in [-0.2, 0) is 0 Å². The lowest BCUT2D eigenvalue weighted by Crippen LogP contribution is -2.13. The fraction of sp³-hybridized carbons (Fsp3) is 0.130. The van der Waals surface area contributed by atoms with Crippen molar-refractivity contribution < 1.29 is 13.9 Å². The number of ether oxygens (including phenoxy) is 2. The molecule has 0 unspecified atom stereocenters. The number of rotatable bonds is 7. The zero-order valence-corrected chi connectivity index (χ0v) is 17.3. The van der Waals surface area contributed by atoms with Crippen LogP contribution in [0, 0.1) is 0 Å². The molecule has 4 aromatic rings. The molecule has 0 aliphatic carbocycles. The Morgan fingerprint density at radius 3 is 2.27 bits per heavy atom. The molecule has 0 aliphatic heterocycles. The van der Waals surface area contributed by atoms with Gasteiger partial charge in [-0.15, -0.1) is 10.2 Å². The maximum absolute atomic E-state index is 6.24. The Labute approximate surface area is 179 Å². The van der Waals surface area contributed by atoms with E-state index in [0.717, 1.165) is 16.8 Å². The minimum absolute atomic E-state index is 0.415. The maximum atomic E-state index is 6.24. The Bertz CT molecular complexity index is 1110. The summed E-state index contributed by atoms with van der Waals surface area (Å²) in [5.74, 6) is 2.19. The van der Waals surface area contributed by atoms with E-state index in [9.17, 15) is 0 Å². The van der Waals surface area contributed by atoms with Gasteiger partial charge in [0.15, 0.2) is 0 Å². The van der Waals surface area contributed by atoms with Gasteiger partial charge in [0.2, 0.25) is 11.8 Å². The number of benzene rings is 3. The number of anilines is 1. The highest BCUT2D eigenvalue weighted by atomic mass is 35.5. The number of nitrogens with one attached hydrogen (secondary N) is 1. The van der Waals surface area contributed by atoms with Gasteiger partial charge in [-0.25, -0.2) is 0 Å². The number of halogens is 1. The van der Waals surface area contributed by atoms with Crippen LogP contribution in [0.25, 0.3) is 11.5 Å². The van der Waals surface area contributed by atoms with Gasteiger partial charge < -0.3 is 19.2 Å². The van der Waals surface area contributed by atoms with E-state index in [1.54, 1.807) is 20.3 Å². The normalized spacial score (nSPS) is 11.7. The minimum Gasteiger partial charge on any atom is -0.497 e. The van der Waals surface area contributed by atoms with E-state index in [-0.39, 0.29) is 0 Å². The third-order valence-electron chi connectivity index (χ3n) is 4.55. The van der Waals surface area contributed by atoms with E-state index >= 15 is 0 Å². The summed E-state index contributed by atoms with van der Waals surface area (Å²) < 4.78 is 16.8. The van der Waals surface area contributed by atoms with Crippen LogP contribution < -0.4 is 14.8 Å². The van der Waals surface area contributed by atoms with Gasteiger partial charge in [-0.05, 0) is 29.8 Å². The van der Waals surface area contributed by atoms with Crippen LogP contribution in [-0.4, -0.2) is 24.4 Å². The second-order valence-electron chi connectivity index (χ2n) is 6.55. The molecule has 0 radical (unpaired) electrons. The van der Waals surface area contributed by atoms with Gasteiger partial charge >= 0.3 is 0 Å². The number of nitrogens with zero attached hydrogens (tertiary/aromatic N) is 2. The molecule has 4 rings (SSSR count). The average molecular weight is 422 g/mol. The van der Waals surface area contributed by atoms with Crippen molar-refractivity contribution in [2.24, 2.45) is 0 Å². The molecule has 0 amide bonds. The predicted octanol–water partition coefficient (Wildman–Crippen LogP) is 5.61. The highest BCUT2D eigenvalue weighted by molar-refractivity contribution is 6.30. The first-order valence-electron chi connectivity index (χ1n) is 9.30. The smallest absolute Gasteiger partial charge is 0.247 e. The number of aromatic nitrogens is 2.